The number of hydrogen-bond acceptors (Lipinski definition) is 3. The van der Waals surface area contributed by atoms with Crippen LogP contribution in [0.5, 0.6) is 0 Å². The maximum atomic E-state index is 13.3. The Kier molecular flexibility index (Phi) is 5.74. The number of fused-ring (bicyclic) bond motifs is 1. The monoisotopic (exact) mass is 417 g/mol. The van der Waals surface area contributed by atoms with Crippen molar-refractivity contribution in [3.8, 4) is 0 Å². The van der Waals surface area contributed by atoms with Gasteiger partial charge in [-0.15, -0.1) is 0 Å². The number of carbonyl (C=O) groups excluding carboxylic acids is 1. The van der Waals surface area contributed by atoms with Crippen LogP contribution in [-0.4, -0.2) is 32.0 Å². The lowest BCUT2D eigenvalue weighted by Crippen LogP contribution is -2.35. The van der Waals surface area contributed by atoms with Crippen LogP contribution in [0.3, 0.4) is 0 Å². The fourth-order valence-electron chi connectivity index (χ4n) is 3.71. The average molecular weight is 418 g/mol. The zero-order chi connectivity index (χ0) is 20.6. The van der Waals surface area contributed by atoms with Crippen LogP contribution in [0.25, 0.3) is 0 Å². The Bertz CT molecular complexity index is 887. The Hall–Kier alpha value is -2.03. The van der Waals surface area contributed by atoms with Gasteiger partial charge in [-0.3, -0.25) is 14.2 Å². The highest BCUT2D eigenvalue weighted by molar-refractivity contribution is 6.31. The SMILES string of the molecule is CC[C@H](C(=O)NCCn1nc(C)c(Cl)c1C)n1nc(C(F)(F)F)c2c1CCC2. The first-order chi connectivity index (χ1) is 13.1. The second-order valence-electron chi connectivity index (χ2n) is 6.99. The summed E-state index contributed by atoms with van der Waals surface area (Å²) in [5.74, 6) is -0.346. The van der Waals surface area contributed by atoms with Gasteiger partial charge in [-0.05, 0) is 39.5 Å². The van der Waals surface area contributed by atoms with Gasteiger partial charge in [-0.2, -0.15) is 23.4 Å². The third-order valence-corrected chi connectivity index (χ3v) is 5.67. The molecule has 2 aromatic rings. The van der Waals surface area contributed by atoms with Crippen molar-refractivity contribution in [1.29, 1.82) is 0 Å². The minimum atomic E-state index is -4.51. The lowest BCUT2D eigenvalue weighted by Gasteiger charge is -2.18. The van der Waals surface area contributed by atoms with Gasteiger partial charge >= 0.3 is 6.18 Å². The smallest absolute Gasteiger partial charge is 0.352 e. The van der Waals surface area contributed by atoms with E-state index >= 15 is 0 Å². The molecule has 1 aliphatic carbocycles. The summed E-state index contributed by atoms with van der Waals surface area (Å²) in [6, 6.07) is -0.771. The van der Waals surface area contributed by atoms with E-state index in [4.69, 9.17) is 11.6 Å². The summed E-state index contributed by atoms with van der Waals surface area (Å²) in [6.07, 6.45) is -2.66. The molecule has 1 N–H and O–H groups in total. The second-order valence-corrected chi connectivity index (χ2v) is 7.37. The van der Waals surface area contributed by atoms with Crippen molar-refractivity contribution < 1.29 is 18.0 Å². The number of amides is 1. The van der Waals surface area contributed by atoms with Crippen molar-refractivity contribution in [1.82, 2.24) is 24.9 Å². The predicted molar refractivity (Wildman–Crippen MR) is 98.3 cm³/mol. The van der Waals surface area contributed by atoms with E-state index in [-0.39, 0.29) is 11.5 Å². The molecular formula is C18H23ClF3N5O. The summed E-state index contributed by atoms with van der Waals surface area (Å²) in [6.45, 7) is 6.12. The van der Waals surface area contributed by atoms with Crippen molar-refractivity contribution in [2.45, 2.75) is 65.2 Å². The van der Waals surface area contributed by atoms with Crippen LogP contribution in [0.4, 0.5) is 13.2 Å². The van der Waals surface area contributed by atoms with Gasteiger partial charge in [0.05, 0.1) is 23.0 Å². The van der Waals surface area contributed by atoms with Crippen LogP contribution >= 0.6 is 11.6 Å². The number of alkyl halides is 3. The molecule has 0 unspecified atom stereocenters. The van der Waals surface area contributed by atoms with E-state index < -0.39 is 17.9 Å². The molecular weight excluding hydrogens is 395 g/mol. The highest BCUT2D eigenvalue weighted by atomic mass is 35.5. The minimum absolute atomic E-state index is 0.232. The average Bonchev–Trinajstić information content (AvgIpc) is 3.28. The van der Waals surface area contributed by atoms with E-state index in [0.29, 0.717) is 55.2 Å². The van der Waals surface area contributed by atoms with E-state index in [2.05, 4.69) is 15.5 Å². The fourth-order valence-corrected chi connectivity index (χ4v) is 3.85. The largest absolute Gasteiger partial charge is 0.435 e. The molecule has 0 radical (unpaired) electrons. The van der Waals surface area contributed by atoms with Crippen LogP contribution in [0.2, 0.25) is 5.02 Å². The van der Waals surface area contributed by atoms with Crippen molar-refractivity contribution in [3.05, 3.63) is 33.4 Å². The summed E-state index contributed by atoms with van der Waals surface area (Å²) in [5, 5.41) is 11.5. The standard InChI is InChI=1S/C18H23ClF3N5O/c1-4-13(17(28)23-8-9-26-11(3)15(19)10(2)24-26)27-14-7-5-6-12(14)16(25-27)18(20,21)22/h13H,4-9H2,1-3H3,(H,23,28)/t13-/m1/s1. The van der Waals surface area contributed by atoms with E-state index in [1.54, 1.807) is 18.5 Å². The van der Waals surface area contributed by atoms with Crippen molar-refractivity contribution in [2.24, 2.45) is 0 Å². The van der Waals surface area contributed by atoms with Crippen LogP contribution in [0.1, 0.15) is 54.1 Å². The van der Waals surface area contributed by atoms with Crippen LogP contribution < -0.4 is 5.32 Å². The van der Waals surface area contributed by atoms with Crippen LogP contribution in [0.15, 0.2) is 0 Å². The maximum Gasteiger partial charge on any atom is 0.435 e. The molecule has 0 aliphatic heterocycles. The number of carbonyl (C=O) groups is 1. The van der Waals surface area contributed by atoms with Crippen LogP contribution in [-0.2, 0) is 30.4 Å². The van der Waals surface area contributed by atoms with Gasteiger partial charge in [0.15, 0.2) is 5.69 Å². The molecule has 2 heterocycles. The molecule has 0 fully saturated rings. The molecule has 6 nitrogen and oxygen atoms in total. The molecule has 0 saturated heterocycles. The Morgan fingerprint density at radius 1 is 1.29 bits per heavy atom. The lowest BCUT2D eigenvalue weighted by molar-refractivity contribution is -0.142. The zero-order valence-corrected chi connectivity index (χ0v) is 16.8. The zero-order valence-electron chi connectivity index (χ0n) is 16.0. The molecule has 10 heteroatoms. The van der Waals surface area contributed by atoms with Crippen molar-refractivity contribution in [2.75, 3.05) is 6.54 Å². The Morgan fingerprint density at radius 2 is 2.00 bits per heavy atom. The molecule has 154 valence electrons. The Labute approximate surface area is 166 Å². The van der Waals surface area contributed by atoms with Gasteiger partial charge in [0, 0.05) is 17.8 Å². The number of hydrogen-bond donors (Lipinski definition) is 1. The molecule has 0 bridgehead atoms. The Balaban J connectivity index is 1.73. The number of aryl methyl sites for hydroxylation is 1. The molecule has 1 aliphatic rings. The number of aromatic nitrogens is 4. The number of nitrogens with zero attached hydrogens (tertiary/aromatic N) is 4. The third kappa shape index (κ3) is 3.76. The Morgan fingerprint density at radius 3 is 2.57 bits per heavy atom. The molecule has 28 heavy (non-hydrogen) atoms. The minimum Gasteiger partial charge on any atom is -0.352 e. The molecule has 0 spiro atoms. The topological polar surface area (TPSA) is 64.7 Å². The molecule has 0 saturated carbocycles. The van der Waals surface area contributed by atoms with E-state index in [9.17, 15) is 18.0 Å². The van der Waals surface area contributed by atoms with E-state index in [1.165, 1.54) is 4.68 Å². The normalized spacial score (nSPS) is 15.0. The molecule has 3 rings (SSSR count). The van der Waals surface area contributed by atoms with E-state index in [1.807, 2.05) is 6.92 Å². The van der Waals surface area contributed by atoms with Gasteiger partial charge in [0.2, 0.25) is 5.91 Å². The highest BCUT2D eigenvalue weighted by Crippen LogP contribution is 2.37. The lowest BCUT2D eigenvalue weighted by atomic mass is 10.1. The predicted octanol–water partition coefficient (Wildman–Crippen LogP) is 3.62. The summed E-state index contributed by atoms with van der Waals surface area (Å²) >= 11 is 6.11. The molecule has 0 aromatic carbocycles. The quantitative estimate of drug-likeness (QED) is 0.780. The number of nitrogens with one attached hydrogen (secondary N) is 1. The van der Waals surface area contributed by atoms with Crippen molar-refractivity contribution in [3.63, 3.8) is 0 Å². The first kappa shape index (κ1) is 20.7. The highest BCUT2D eigenvalue weighted by Gasteiger charge is 2.41. The van der Waals surface area contributed by atoms with E-state index in [0.717, 1.165) is 5.69 Å². The van der Waals surface area contributed by atoms with Gasteiger partial charge < -0.3 is 5.32 Å². The summed E-state index contributed by atoms with van der Waals surface area (Å²) in [4.78, 5) is 12.7. The van der Waals surface area contributed by atoms with Gasteiger partial charge in [0.1, 0.15) is 6.04 Å². The molecule has 1 atom stereocenters. The van der Waals surface area contributed by atoms with Gasteiger partial charge in [0.25, 0.3) is 0 Å². The third-order valence-electron chi connectivity index (χ3n) is 5.13. The summed E-state index contributed by atoms with van der Waals surface area (Å²) in [7, 11) is 0. The first-order valence-corrected chi connectivity index (χ1v) is 9.67. The maximum absolute atomic E-state index is 13.3. The molecule has 2 aromatic heterocycles. The van der Waals surface area contributed by atoms with Crippen LogP contribution in [0, 0.1) is 13.8 Å². The first-order valence-electron chi connectivity index (χ1n) is 9.29. The van der Waals surface area contributed by atoms with Gasteiger partial charge in [-0.1, -0.05) is 18.5 Å². The number of halogens is 4. The second kappa shape index (κ2) is 7.77. The summed E-state index contributed by atoms with van der Waals surface area (Å²) < 4.78 is 42.9. The van der Waals surface area contributed by atoms with Crippen molar-refractivity contribution >= 4 is 17.5 Å². The summed E-state index contributed by atoms with van der Waals surface area (Å²) in [5.41, 5.74) is 1.42. The number of rotatable bonds is 6. The van der Waals surface area contributed by atoms with Gasteiger partial charge in [-0.25, -0.2) is 0 Å². The fraction of sp³-hybridized carbons (Fsp3) is 0.611. The molecule has 1 amide bonds.